The van der Waals surface area contributed by atoms with E-state index >= 15 is 0 Å². The van der Waals surface area contributed by atoms with Crippen LogP contribution >= 0.6 is 0 Å². The number of halogens is 2. The molecule has 17 heavy (non-hydrogen) atoms. The maximum Gasteiger partial charge on any atom is 0.737 e. The van der Waals surface area contributed by atoms with Gasteiger partial charge >= 0.3 is 6.97 Å². The first-order chi connectivity index (χ1) is 8.16. The molecule has 3 nitrogen and oxygen atoms in total. The Morgan fingerprint density at radius 3 is 3.06 bits per heavy atom. The molecule has 88 valence electrons. The third-order valence-electron chi connectivity index (χ3n) is 2.98. The maximum absolute atomic E-state index is 14.2. The SMILES string of the molecule is CCOC1=C2C=CC=[N+]2[B-](F)(F)n2cccc21. The quantitative estimate of drug-likeness (QED) is 0.718. The van der Waals surface area contributed by atoms with Gasteiger partial charge in [0.25, 0.3) is 0 Å². The van der Waals surface area contributed by atoms with Crippen molar-refractivity contribution in [2.45, 2.75) is 6.92 Å². The number of hydrogen-bond donors (Lipinski definition) is 0. The highest BCUT2D eigenvalue weighted by atomic mass is 19.2. The molecule has 1 aromatic heterocycles. The Morgan fingerprint density at radius 2 is 2.29 bits per heavy atom. The summed E-state index contributed by atoms with van der Waals surface area (Å²) in [7, 11) is 0. The second-order valence-corrected chi connectivity index (χ2v) is 3.95. The first-order valence-corrected chi connectivity index (χ1v) is 5.53. The second kappa shape index (κ2) is 3.32. The fraction of sp³-hybridized carbons (Fsp3) is 0.182. The van der Waals surface area contributed by atoms with Gasteiger partial charge in [-0.05, 0) is 25.3 Å². The van der Waals surface area contributed by atoms with Crippen molar-refractivity contribution in [1.82, 2.24) is 4.48 Å². The molecule has 0 saturated heterocycles. The van der Waals surface area contributed by atoms with Crippen LogP contribution in [-0.4, -0.2) is 28.8 Å². The summed E-state index contributed by atoms with van der Waals surface area (Å²) in [5.41, 5.74) is 0.867. The van der Waals surface area contributed by atoms with Gasteiger partial charge < -0.3 is 22.3 Å². The number of ether oxygens (including phenoxy) is 1. The zero-order valence-corrected chi connectivity index (χ0v) is 9.31. The van der Waals surface area contributed by atoms with E-state index in [0.29, 0.717) is 23.8 Å². The van der Waals surface area contributed by atoms with Crippen LogP contribution in [-0.2, 0) is 4.74 Å². The van der Waals surface area contributed by atoms with Crippen molar-refractivity contribution in [3.8, 4) is 0 Å². The van der Waals surface area contributed by atoms with Crippen LogP contribution in [0.2, 0.25) is 0 Å². The fourth-order valence-electron chi connectivity index (χ4n) is 2.27. The maximum atomic E-state index is 14.2. The minimum atomic E-state index is -3.80. The van der Waals surface area contributed by atoms with Gasteiger partial charge in [0.1, 0.15) is 6.21 Å². The van der Waals surface area contributed by atoms with E-state index < -0.39 is 6.97 Å². The first kappa shape index (κ1) is 10.3. The van der Waals surface area contributed by atoms with Gasteiger partial charge in [-0.25, -0.2) is 0 Å². The largest absolute Gasteiger partial charge is 0.737 e. The summed E-state index contributed by atoms with van der Waals surface area (Å²) in [6.07, 6.45) is 6.03. The molecule has 0 fully saturated rings. The zero-order chi connectivity index (χ0) is 12.0. The van der Waals surface area contributed by atoms with Crippen LogP contribution in [0.1, 0.15) is 12.6 Å². The molecule has 1 aromatic rings. The van der Waals surface area contributed by atoms with E-state index in [2.05, 4.69) is 0 Å². The Hall–Kier alpha value is -1.85. The lowest BCUT2D eigenvalue weighted by atomic mass is 9.91. The van der Waals surface area contributed by atoms with Crippen LogP contribution in [0.4, 0.5) is 8.63 Å². The topological polar surface area (TPSA) is 17.2 Å². The van der Waals surface area contributed by atoms with Gasteiger partial charge in [0.05, 0.1) is 12.3 Å². The highest BCUT2D eigenvalue weighted by Crippen LogP contribution is 2.34. The van der Waals surface area contributed by atoms with E-state index in [1.54, 1.807) is 24.3 Å². The molecule has 0 saturated carbocycles. The van der Waals surface area contributed by atoms with Crippen LogP contribution in [0.25, 0.3) is 5.76 Å². The van der Waals surface area contributed by atoms with Gasteiger partial charge in [-0.2, -0.15) is 0 Å². The van der Waals surface area contributed by atoms with Gasteiger partial charge in [-0.15, -0.1) is 0 Å². The number of aromatic nitrogens is 1. The molecular formula is C11H11BF2N2O. The van der Waals surface area contributed by atoms with Crippen LogP contribution in [0, 0.1) is 0 Å². The molecule has 0 N–H and O–H groups in total. The minimum absolute atomic E-state index is 0.433. The molecule has 3 rings (SSSR count). The predicted molar refractivity (Wildman–Crippen MR) is 61.8 cm³/mol. The number of allylic oxidation sites excluding steroid dienone is 2. The summed E-state index contributed by atoms with van der Waals surface area (Å²) in [4.78, 5) is 0. The average Bonchev–Trinajstić information content (AvgIpc) is 2.93. The molecule has 0 radical (unpaired) electrons. The number of rotatable bonds is 2. The van der Waals surface area contributed by atoms with Crippen molar-refractivity contribution < 1.29 is 17.9 Å². The number of nitrogens with zero attached hydrogens (tertiary/aromatic N) is 2. The van der Waals surface area contributed by atoms with E-state index in [1.165, 1.54) is 12.4 Å². The monoisotopic (exact) mass is 236 g/mol. The number of hydrogen-bond acceptors (Lipinski definition) is 1. The molecule has 6 heteroatoms. The van der Waals surface area contributed by atoms with Crippen LogP contribution in [0.5, 0.6) is 0 Å². The lowest BCUT2D eigenvalue weighted by Crippen LogP contribution is -2.49. The fourth-order valence-corrected chi connectivity index (χ4v) is 2.27. The van der Waals surface area contributed by atoms with Gasteiger partial charge in [0, 0.05) is 12.2 Å². The zero-order valence-electron chi connectivity index (χ0n) is 9.31. The van der Waals surface area contributed by atoms with Crippen molar-refractivity contribution in [3.05, 3.63) is 41.9 Å². The van der Waals surface area contributed by atoms with Gasteiger partial charge in [0.15, 0.2) is 0 Å². The van der Waals surface area contributed by atoms with E-state index in [0.717, 1.165) is 8.96 Å². The van der Waals surface area contributed by atoms with Crippen molar-refractivity contribution in [2.24, 2.45) is 0 Å². The lowest BCUT2D eigenvalue weighted by Gasteiger charge is -2.30. The number of fused-ring (bicyclic) bond motifs is 2. The molecule has 0 aromatic carbocycles. The lowest BCUT2D eigenvalue weighted by molar-refractivity contribution is -0.358. The van der Waals surface area contributed by atoms with Gasteiger partial charge in [-0.1, -0.05) is 0 Å². The standard InChI is InChI=1S/C11H11BF2N2O/c1-2-17-11-9-5-3-7-15(9)12(13,14)16-8-4-6-10(11)16/h3-8H,2H2,1H3. The average molecular weight is 236 g/mol. The van der Waals surface area contributed by atoms with Gasteiger partial charge in [-0.3, -0.25) is 0 Å². The Balaban J connectivity index is 2.28. The summed E-state index contributed by atoms with van der Waals surface area (Å²) in [5.74, 6) is 0.510. The van der Waals surface area contributed by atoms with E-state index in [-0.39, 0.29) is 0 Å². The third kappa shape index (κ3) is 1.23. The Kier molecular flexibility index (Phi) is 2.02. The van der Waals surface area contributed by atoms with Crippen LogP contribution < -0.4 is 0 Å². The Bertz CT molecular complexity index is 572. The second-order valence-electron chi connectivity index (χ2n) is 3.95. The van der Waals surface area contributed by atoms with E-state index in [9.17, 15) is 8.63 Å². The summed E-state index contributed by atoms with van der Waals surface area (Å²) >= 11 is 0. The smallest absolute Gasteiger partial charge is 0.486 e. The highest BCUT2D eigenvalue weighted by Gasteiger charge is 2.51. The van der Waals surface area contributed by atoms with Crippen LogP contribution in [0.15, 0.2) is 36.2 Å². The minimum Gasteiger partial charge on any atom is -0.486 e. The highest BCUT2D eigenvalue weighted by molar-refractivity contribution is 6.57. The van der Waals surface area contributed by atoms with E-state index in [4.69, 9.17) is 4.74 Å². The van der Waals surface area contributed by atoms with Gasteiger partial charge in [0.2, 0.25) is 11.5 Å². The molecule has 0 aliphatic carbocycles. The Labute approximate surface area is 97.4 Å². The van der Waals surface area contributed by atoms with Crippen molar-refractivity contribution in [3.63, 3.8) is 0 Å². The molecule has 3 heterocycles. The summed E-state index contributed by atoms with van der Waals surface area (Å²) < 4.78 is 35.8. The molecule has 0 bridgehead atoms. The third-order valence-corrected chi connectivity index (χ3v) is 2.98. The first-order valence-electron chi connectivity index (χ1n) is 5.53. The molecule has 0 spiro atoms. The van der Waals surface area contributed by atoms with Crippen molar-refractivity contribution in [2.75, 3.05) is 6.61 Å². The predicted octanol–water partition coefficient (Wildman–Crippen LogP) is 2.08. The van der Waals surface area contributed by atoms with Crippen molar-refractivity contribution in [1.29, 1.82) is 0 Å². The summed E-state index contributed by atoms with van der Waals surface area (Å²) in [6, 6.07) is 3.26. The molecule has 0 unspecified atom stereocenters. The summed E-state index contributed by atoms with van der Waals surface area (Å²) in [5, 5.41) is 0. The van der Waals surface area contributed by atoms with Crippen LogP contribution in [0.3, 0.4) is 0 Å². The Morgan fingerprint density at radius 1 is 1.47 bits per heavy atom. The molecule has 0 atom stereocenters. The normalized spacial score (nSPS) is 20.1. The summed E-state index contributed by atoms with van der Waals surface area (Å²) in [6.45, 7) is -1.51. The molecular weight excluding hydrogens is 225 g/mol. The van der Waals surface area contributed by atoms with E-state index in [1.807, 2.05) is 6.92 Å². The molecule has 2 aliphatic rings. The molecule has 2 aliphatic heterocycles. The molecule has 0 amide bonds. The van der Waals surface area contributed by atoms with Crippen molar-refractivity contribution >= 4 is 18.9 Å².